The second-order valence-electron chi connectivity index (χ2n) is 3.94. The molecule has 3 rings (SSSR count). The minimum absolute atomic E-state index is 0.637. The second-order valence-corrected chi connectivity index (χ2v) is 3.94. The van der Waals surface area contributed by atoms with Crippen molar-refractivity contribution in [2.75, 3.05) is 5.43 Å². The van der Waals surface area contributed by atoms with Crippen molar-refractivity contribution in [1.82, 2.24) is 15.2 Å². The van der Waals surface area contributed by atoms with Crippen LogP contribution in [0.15, 0.2) is 60.1 Å². The van der Waals surface area contributed by atoms with Crippen LogP contribution in [0.3, 0.4) is 0 Å². The minimum Gasteiger partial charge on any atom is -0.264 e. The zero-order valence-electron chi connectivity index (χ0n) is 10.1. The molecule has 0 unspecified atom stereocenters. The van der Waals surface area contributed by atoms with Crippen molar-refractivity contribution < 1.29 is 0 Å². The third kappa shape index (κ3) is 2.55. The predicted molar refractivity (Wildman–Crippen MR) is 75.0 cm³/mol. The monoisotopic (exact) mass is 249 g/mol. The molecule has 0 atom stereocenters. The number of hydrazone groups is 1. The van der Waals surface area contributed by atoms with E-state index < -0.39 is 0 Å². The van der Waals surface area contributed by atoms with Gasteiger partial charge in [-0.1, -0.05) is 30.3 Å². The van der Waals surface area contributed by atoms with Gasteiger partial charge in [-0.25, -0.2) is 0 Å². The summed E-state index contributed by atoms with van der Waals surface area (Å²) >= 11 is 0. The number of nitrogens with one attached hydrogen (secondary N) is 1. The Labute approximate surface area is 110 Å². The molecule has 0 saturated heterocycles. The average Bonchev–Trinajstić information content (AvgIpc) is 2.49. The normalized spacial score (nSPS) is 10.9. The maximum Gasteiger partial charge on any atom is 0.176 e. The van der Waals surface area contributed by atoms with E-state index in [2.05, 4.69) is 25.7 Å². The predicted octanol–water partition coefficient (Wildman–Crippen LogP) is 2.47. The Morgan fingerprint density at radius 3 is 2.89 bits per heavy atom. The molecule has 0 bridgehead atoms. The molecule has 19 heavy (non-hydrogen) atoms. The Morgan fingerprint density at radius 2 is 2.00 bits per heavy atom. The first-order valence-corrected chi connectivity index (χ1v) is 5.83. The van der Waals surface area contributed by atoms with E-state index in [0.29, 0.717) is 5.82 Å². The SMILES string of the molecule is C(=N/Nc1nncc2ccccc12)/c1cccnc1. The third-order valence-electron chi connectivity index (χ3n) is 2.64. The molecule has 0 aliphatic heterocycles. The second kappa shape index (κ2) is 5.22. The molecule has 1 aromatic carbocycles. The Bertz CT molecular complexity index is 704. The van der Waals surface area contributed by atoms with Crippen molar-refractivity contribution >= 4 is 22.8 Å². The quantitative estimate of drug-likeness (QED) is 0.572. The molecule has 0 saturated carbocycles. The van der Waals surface area contributed by atoms with Crippen molar-refractivity contribution in [3.05, 3.63) is 60.6 Å². The Hall–Kier alpha value is -2.82. The van der Waals surface area contributed by atoms with Crippen molar-refractivity contribution in [2.24, 2.45) is 5.10 Å². The van der Waals surface area contributed by atoms with Gasteiger partial charge < -0.3 is 0 Å². The lowest BCUT2D eigenvalue weighted by molar-refractivity contribution is 1.04. The molecule has 2 heterocycles. The summed E-state index contributed by atoms with van der Waals surface area (Å²) < 4.78 is 0. The van der Waals surface area contributed by atoms with Gasteiger partial charge >= 0.3 is 0 Å². The maximum absolute atomic E-state index is 4.14. The number of nitrogens with zero attached hydrogens (tertiary/aromatic N) is 4. The number of benzene rings is 1. The molecular formula is C14H11N5. The summed E-state index contributed by atoms with van der Waals surface area (Å²) in [4.78, 5) is 4.01. The van der Waals surface area contributed by atoms with Gasteiger partial charge in [-0.05, 0) is 6.07 Å². The molecule has 0 amide bonds. The third-order valence-corrected chi connectivity index (χ3v) is 2.64. The maximum atomic E-state index is 4.14. The van der Waals surface area contributed by atoms with Crippen molar-refractivity contribution in [3.8, 4) is 0 Å². The first-order chi connectivity index (χ1) is 9.43. The van der Waals surface area contributed by atoms with Crippen LogP contribution in [0.2, 0.25) is 0 Å². The van der Waals surface area contributed by atoms with E-state index in [4.69, 9.17) is 0 Å². The van der Waals surface area contributed by atoms with E-state index >= 15 is 0 Å². The molecule has 0 spiro atoms. The molecule has 5 heteroatoms. The number of hydrogen-bond donors (Lipinski definition) is 1. The van der Waals surface area contributed by atoms with Gasteiger partial charge in [0.15, 0.2) is 5.82 Å². The summed E-state index contributed by atoms with van der Waals surface area (Å²) in [6, 6.07) is 11.7. The summed E-state index contributed by atoms with van der Waals surface area (Å²) in [5.41, 5.74) is 3.82. The summed E-state index contributed by atoms with van der Waals surface area (Å²) in [7, 11) is 0. The highest BCUT2D eigenvalue weighted by molar-refractivity contribution is 5.91. The summed E-state index contributed by atoms with van der Waals surface area (Å²) in [6.45, 7) is 0. The number of rotatable bonds is 3. The van der Waals surface area contributed by atoms with Gasteiger partial charge in [0, 0.05) is 28.7 Å². The molecule has 3 aromatic rings. The average molecular weight is 249 g/mol. The molecule has 1 N–H and O–H groups in total. The Morgan fingerprint density at radius 1 is 1.05 bits per heavy atom. The van der Waals surface area contributed by atoms with Gasteiger partial charge in [-0.15, -0.1) is 5.10 Å². The van der Waals surface area contributed by atoms with Crippen LogP contribution in [0.5, 0.6) is 0 Å². The number of anilines is 1. The van der Waals surface area contributed by atoms with Crippen LogP contribution in [0.25, 0.3) is 10.8 Å². The van der Waals surface area contributed by atoms with Crippen LogP contribution in [-0.4, -0.2) is 21.4 Å². The molecule has 5 nitrogen and oxygen atoms in total. The molecular weight excluding hydrogens is 238 g/mol. The van der Waals surface area contributed by atoms with Crippen LogP contribution in [-0.2, 0) is 0 Å². The molecule has 2 aromatic heterocycles. The zero-order valence-corrected chi connectivity index (χ0v) is 10.1. The van der Waals surface area contributed by atoms with E-state index in [1.807, 2.05) is 36.4 Å². The van der Waals surface area contributed by atoms with E-state index in [-0.39, 0.29) is 0 Å². The lowest BCUT2D eigenvalue weighted by Gasteiger charge is -2.02. The van der Waals surface area contributed by atoms with Gasteiger partial charge in [0.2, 0.25) is 0 Å². The van der Waals surface area contributed by atoms with E-state index in [1.165, 1.54) is 0 Å². The number of hydrogen-bond acceptors (Lipinski definition) is 5. The highest BCUT2D eigenvalue weighted by Crippen LogP contribution is 2.18. The minimum atomic E-state index is 0.637. The Kier molecular flexibility index (Phi) is 3.10. The smallest absolute Gasteiger partial charge is 0.176 e. The van der Waals surface area contributed by atoms with Crippen molar-refractivity contribution in [1.29, 1.82) is 0 Å². The summed E-state index contributed by atoms with van der Waals surface area (Å²) in [5.74, 6) is 0.637. The lowest BCUT2D eigenvalue weighted by atomic mass is 10.2. The van der Waals surface area contributed by atoms with Crippen LogP contribution >= 0.6 is 0 Å². The molecule has 92 valence electrons. The molecule has 0 radical (unpaired) electrons. The van der Waals surface area contributed by atoms with E-state index in [1.54, 1.807) is 24.8 Å². The molecule has 0 fully saturated rings. The fourth-order valence-electron chi connectivity index (χ4n) is 1.73. The van der Waals surface area contributed by atoms with Crippen LogP contribution in [0.1, 0.15) is 5.56 Å². The Balaban J connectivity index is 1.84. The van der Waals surface area contributed by atoms with Gasteiger partial charge in [-0.3, -0.25) is 10.4 Å². The topological polar surface area (TPSA) is 63.1 Å². The first-order valence-electron chi connectivity index (χ1n) is 5.83. The van der Waals surface area contributed by atoms with Crippen molar-refractivity contribution in [2.45, 2.75) is 0 Å². The van der Waals surface area contributed by atoms with Gasteiger partial charge in [0.1, 0.15) is 0 Å². The summed E-state index contributed by atoms with van der Waals surface area (Å²) in [5, 5.41) is 14.1. The van der Waals surface area contributed by atoms with Crippen LogP contribution < -0.4 is 5.43 Å². The zero-order chi connectivity index (χ0) is 12.9. The van der Waals surface area contributed by atoms with Crippen LogP contribution in [0.4, 0.5) is 5.82 Å². The van der Waals surface area contributed by atoms with Crippen LogP contribution in [0, 0.1) is 0 Å². The lowest BCUT2D eigenvalue weighted by Crippen LogP contribution is -1.96. The van der Waals surface area contributed by atoms with Gasteiger partial charge in [0.05, 0.1) is 12.4 Å². The number of fused-ring (bicyclic) bond motifs is 1. The first kappa shape index (κ1) is 11.3. The van der Waals surface area contributed by atoms with E-state index in [0.717, 1.165) is 16.3 Å². The highest BCUT2D eigenvalue weighted by atomic mass is 15.3. The van der Waals surface area contributed by atoms with Crippen molar-refractivity contribution in [3.63, 3.8) is 0 Å². The fraction of sp³-hybridized carbons (Fsp3) is 0. The molecule has 0 aliphatic carbocycles. The fourth-order valence-corrected chi connectivity index (χ4v) is 1.73. The summed E-state index contributed by atoms with van der Waals surface area (Å²) in [6.07, 6.45) is 6.88. The number of aromatic nitrogens is 3. The van der Waals surface area contributed by atoms with Gasteiger partial charge in [-0.2, -0.15) is 10.2 Å². The standard InChI is InChI=1S/C14H11N5/c1-2-6-13-12(5-1)10-17-19-14(13)18-16-9-11-4-3-7-15-8-11/h1-10H,(H,18,19)/b16-9-. The molecule has 0 aliphatic rings. The van der Waals surface area contributed by atoms with Gasteiger partial charge in [0.25, 0.3) is 0 Å². The number of pyridine rings is 1. The highest BCUT2D eigenvalue weighted by Gasteiger charge is 2.00. The largest absolute Gasteiger partial charge is 0.264 e. The van der Waals surface area contributed by atoms with E-state index in [9.17, 15) is 0 Å².